The standard InChI is InChI=1S/C21H17N9/c1-13-5-3-7-16(11-13)24-20-23-10-8-17(25-20)18-14(2)30-21(28-27-18)26-19(29-30)15-6-4-9-22-12-15/h3-12H,1-2H3,(H,23,24,25). The van der Waals surface area contributed by atoms with Crippen LogP contribution >= 0.6 is 0 Å². The molecule has 0 unspecified atom stereocenters. The summed E-state index contributed by atoms with van der Waals surface area (Å²) in [6.07, 6.45) is 5.11. The van der Waals surface area contributed by atoms with Gasteiger partial charge in [-0.15, -0.1) is 15.3 Å². The van der Waals surface area contributed by atoms with Crippen molar-refractivity contribution >= 4 is 17.4 Å². The molecule has 0 radical (unpaired) electrons. The number of hydrogen-bond acceptors (Lipinski definition) is 8. The number of nitrogens with zero attached hydrogens (tertiary/aromatic N) is 8. The molecule has 0 fully saturated rings. The fourth-order valence-electron chi connectivity index (χ4n) is 3.12. The molecule has 0 saturated heterocycles. The first-order valence-corrected chi connectivity index (χ1v) is 9.35. The van der Waals surface area contributed by atoms with Gasteiger partial charge in [-0.2, -0.15) is 9.50 Å². The Morgan fingerprint density at radius 1 is 0.933 bits per heavy atom. The van der Waals surface area contributed by atoms with Crippen molar-refractivity contribution < 1.29 is 0 Å². The fraction of sp³-hybridized carbons (Fsp3) is 0.0952. The van der Waals surface area contributed by atoms with Crippen molar-refractivity contribution in [3.63, 3.8) is 0 Å². The van der Waals surface area contributed by atoms with Crippen molar-refractivity contribution in [2.45, 2.75) is 13.8 Å². The van der Waals surface area contributed by atoms with Crippen molar-refractivity contribution in [2.75, 3.05) is 5.32 Å². The summed E-state index contributed by atoms with van der Waals surface area (Å²) in [6, 6.07) is 13.6. The Bertz CT molecular complexity index is 1350. The largest absolute Gasteiger partial charge is 0.324 e. The van der Waals surface area contributed by atoms with E-state index in [2.05, 4.69) is 40.5 Å². The zero-order valence-corrected chi connectivity index (χ0v) is 16.4. The zero-order valence-electron chi connectivity index (χ0n) is 16.4. The van der Waals surface area contributed by atoms with Gasteiger partial charge in [0.25, 0.3) is 5.78 Å². The first-order valence-electron chi connectivity index (χ1n) is 9.35. The molecule has 0 aliphatic heterocycles. The predicted octanol–water partition coefficient (Wildman–Crippen LogP) is 3.40. The minimum absolute atomic E-state index is 0.419. The van der Waals surface area contributed by atoms with Crippen molar-refractivity contribution in [1.82, 2.24) is 39.7 Å². The van der Waals surface area contributed by atoms with Crippen LogP contribution in [0.2, 0.25) is 0 Å². The van der Waals surface area contributed by atoms with Crippen LogP contribution in [0, 0.1) is 13.8 Å². The van der Waals surface area contributed by atoms with Crippen LogP contribution in [0.3, 0.4) is 0 Å². The molecular weight excluding hydrogens is 378 g/mol. The van der Waals surface area contributed by atoms with Gasteiger partial charge in [-0.3, -0.25) is 4.98 Å². The van der Waals surface area contributed by atoms with Gasteiger partial charge in [-0.05, 0) is 49.7 Å². The molecule has 30 heavy (non-hydrogen) atoms. The summed E-state index contributed by atoms with van der Waals surface area (Å²) >= 11 is 0. The maximum Gasteiger partial charge on any atom is 0.272 e. The minimum atomic E-state index is 0.419. The van der Waals surface area contributed by atoms with Crippen LogP contribution < -0.4 is 5.32 Å². The van der Waals surface area contributed by atoms with Crippen LogP contribution in [0.5, 0.6) is 0 Å². The molecule has 0 saturated carbocycles. The highest BCUT2D eigenvalue weighted by Crippen LogP contribution is 2.22. The second-order valence-electron chi connectivity index (χ2n) is 6.78. The van der Waals surface area contributed by atoms with Crippen LogP contribution in [0.4, 0.5) is 11.6 Å². The van der Waals surface area contributed by atoms with Crippen LogP contribution in [-0.4, -0.2) is 39.7 Å². The van der Waals surface area contributed by atoms with Crippen LogP contribution in [0.25, 0.3) is 28.6 Å². The maximum absolute atomic E-state index is 4.60. The molecule has 9 heteroatoms. The van der Waals surface area contributed by atoms with Gasteiger partial charge in [0, 0.05) is 29.8 Å². The molecule has 0 atom stereocenters. The topological polar surface area (TPSA) is 107 Å². The summed E-state index contributed by atoms with van der Waals surface area (Å²) in [6.45, 7) is 3.95. The monoisotopic (exact) mass is 395 g/mol. The van der Waals surface area contributed by atoms with Gasteiger partial charge in [-0.25, -0.2) is 9.97 Å². The first kappa shape index (κ1) is 17.8. The van der Waals surface area contributed by atoms with Crippen molar-refractivity contribution in [2.24, 2.45) is 0 Å². The number of pyridine rings is 1. The number of anilines is 2. The van der Waals surface area contributed by atoms with E-state index >= 15 is 0 Å². The second-order valence-corrected chi connectivity index (χ2v) is 6.78. The predicted molar refractivity (Wildman–Crippen MR) is 112 cm³/mol. The highest BCUT2D eigenvalue weighted by atomic mass is 15.4. The molecule has 1 aromatic carbocycles. The van der Waals surface area contributed by atoms with Gasteiger partial charge in [0.05, 0.1) is 11.4 Å². The number of aromatic nitrogens is 8. The third-order valence-electron chi connectivity index (χ3n) is 4.58. The molecule has 4 aromatic heterocycles. The van der Waals surface area contributed by atoms with Gasteiger partial charge >= 0.3 is 0 Å². The number of aryl methyl sites for hydroxylation is 2. The van der Waals surface area contributed by atoms with Crippen molar-refractivity contribution in [3.8, 4) is 22.8 Å². The van der Waals surface area contributed by atoms with E-state index in [1.807, 2.05) is 50.2 Å². The molecule has 4 heterocycles. The quantitative estimate of drug-likeness (QED) is 0.493. The Hall–Kier alpha value is -4.27. The number of benzene rings is 1. The fourth-order valence-corrected chi connectivity index (χ4v) is 3.12. The number of hydrogen-bond donors (Lipinski definition) is 1. The van der Waals surface area contributed by atoms with E-state index in [9.17, 15) is 0 Å². The van der Waals surface area contributed by atoms with Gasteiger partial charge in [0.1, 0.15) is 5.69 Å². The zero-order chi connectivity index (χ0) is 20.5. The van der Waals surface area contributed by atoms with Gasteiger partial charge < -0.3 is 5.32 Å². The summed E-state index contributed by atoms with van der Waals surface area (Å²) in [7, 11) is 0. The molecular formula is C21H17N9. The lowest BCUT2D eigenvalue weighted by Crippen LogP contribution is -2.05. The number of fused-ring (bicyclic) bond motifs is 1. The highest BCUT2D eigenvalue weighted by molar-refractivity contribution is 5.62. The Kier molecular flexibility index (Phi) is 4.32. The lowest BCUT2D eigenvalue weighted by atomic mass is 10.2. The Morgan fingerprint density at radius 2 is 1.87 bits per heavy atom. The van der Waals surface area contributed by atoms with Gasteiger partial charge in [0.15, 0.2) is 5.82 Å². The molecule has 0 amide bonds. The molecule has 1 N–H and O–H groups in total. The normalized spacial score (nSPS) is 11.0. The average molecular weight is 395 g/mol. The highest BCUT2D eigenvalue weighted by Gasteiger charge is 2.15. The molecule has 0 aliphatic carbocycles. The summed E-state index contributed by atoms with van der Waals surface area (Å²) in [5.74, 6) is 1.44. The molecule has 5 aromatic rings. The first-order chi connectivity index (χ1) is 14.7. The number of nitrogens with one attached hydrogen (secondary N) is 1. The lowest BCUT2D eigenvalue weighted by Gasteiger charge is -2.08. The third-order valence-corrected chi connectivity index (χ3v) is 4.58. The summed E-state index contributed by atoms with van der Waals surface area (Å²) in [5, 5.41) is 16.4. The number of rotatable bonds is 4. The third kappa shape index (κ3) is 3.32. The molecule has 9 nitrogen and oxygen atoms in total. The van der Waals surface area contributed by atoms with E-state index in [1.54, 1.807) is 29.2 Å². The van der Waals surface area contributed by atoms with Crippen LogP contribution in [0.1, 0.15) is 11.3 Å². The SMILES string of the molecule is Cc1cccc(Nc2nccc(-c3nnc4nc(-c5cccnc5)nn4c3C)n2)c1. The lowest BCUT2D eigenvalue weighted by molar-refractivity contribution is 0.851. The second kappa shape index (κ2) is 7.28. The average Bonchev–Trinajstić information content (AvgIpc) is 3.20. The van der Waals surface area contributed by atoms with Gasteiger partial charge in [0.2, 0.25) is 5.95 Å². The Morgan fingerprint density at radius 3 is 2.70 bits per heavy atom. The maximum atomic E-state index is 4.60. The molecule has 0 bridgehead atoms. The molecule has 0 aliphatic rings. The van der Waals surface area contributed by atoms with E-state index < -0.39 is 0 Å². The summed E-state index contributed by atoms with van der Waals surface area (Å²) in [5.41, 5.74) is 4.92. The van der Waals surface area contributed by atoms with E-state index in [1.165, 1.54) is 0 Å². The van der Waals surface area contributed by atoms with Crippen molar-refractivity contribution in [3.05, 3.63) is 72.3 Å². The Balaban J connectivity index is 1.52. The van der Waals surface area contributed by atoms with Crippen LogP contribution in [-0.2, 0) is 0 Å². The van der Waals surface area contributed by atoms with E-state index in [4.69, 9.17) is 0 Å². The van der Waals surface area contributed by atoms with Crippen molar-refractivity contribution in [1.29, 1.82) is 0 Å². The van der Waals surface area contributed by atoms with E-state index in [0.29, 0.717) is 28.9 Å². The minimum Gasteiger partial charge on any atom is -0.324 e. The summed E-state index contributed by atoms with van der Waals surface area (Å²) in [4.78, 5) is 17.5. The van der Waals surface area contributed by atoms with E-state index in [0.717, 1.165) is 22.5 Å². The van der Waals surface area contributed by atoms with Gasteiger partial charge in [-0.1, -0.05) is 12.1 Å². The molecule has 5 rings (SSSR count). The van der Waals surface area contributed by atoms with Crippen LogP contribution in [0.15, 0.2) is 61.1 Å². The smallest absolute Gasteiger partial charge is 0.272 e. The van der Waals surface area contributed by atoms with E-state index in [-0.39, 0.29) is 0 Å². The molecule has 146 valence electrons. The molecule has 0 spiro atoms. The Labute approximate surface area is 171 Å². The summed E-state index contributed by atoms with van der Waals surface area (Å²) < 4.78 is 1.67.